The third kappa shape index (κ3) is 2.54. The lowest BCUT2D eigenvalue weighted by molar-refractivity contribution is 0.310. The summed E-state index contributed by atoms with van der Waals surface area (Å²) in [5.41, 5.74) is -0.0976. The molecule has 0 aliphatic rings. The number of anilines is 1. The van der Waals surface area contributed by atoms with Gasteiger partial charge in [-0.15, -0.1) is 4.91 Å². The fourth-order valence-corrected chi connectivity index (χ4v) is 1.02. The van der Waals surface area contributed by atoms with E-state index in [2.05, 4.69) is 20.5 Å². The van der Waals surface area contributed by atoms with Gasteiger partial charge < -0.3 is 19.9 Å². The Kier molecular flexibility index (Phi) is 4.40. The molecule has 0 radical (unpaired) electrons. The Morgan fingerprint density at radius 3 is 2.25 bits per heavy atom. The normalized spacial score (nSPS) is 9.69. The molecule has 1 rings (SSSR count). The summed E-state index contributed by atoms with van der Waals surface area (Å²) in [6.07, 6.45) is 0. The number of hydrogen-bond donors (Lipinski definition) is 2. The maximum atomic E-state index is 10.5. The molecule has 1 heterocycles. The molecule has 0 bridgehead atoms. The number of rotatable bonds is 6. The van der Waals surface area contributed by atoms with Gasteiger partial charge in [0.15, 0.2) is 0 Å². The van der Waals surface area contributed by atoms with Crippen LogP contribution < -0.4 is 14.8 Å². The van der Waals surface area contributed by atoms with E-state index in [0.717, 1.165) is 0 Å². The standard InChI is InChI=1S/C8H12N4O4/c1-15-6-5(12-14)7(16-2)11-8(10-6)9-3-4-13/h13H,3-4H2,1-2H3,(H,9,10,11). The Bertz CT molecular complexity index is 346. The zero-order chi connectivity index (χ0) is 12.0. The Morgan fingerprint density at radius 1 is 1.31 bits per heavy atom. The van der Waals surface area contributed by atoms with Gasteiger partial charge in [0.05, 0.1) is 20.8 Å². The van der Waals surface area contributed by atoms with Crippen LogP contribution in [0.2, 0.25) is 0 Å². The molecule has 0 aromatic carbocycles. The van der Waals surface area contributed by atoms with Crippen molar-refractivity contribution in [1.82, 2.24) is 9.97 Å². The number of aliphatic hydroxyl groups excluding tert-OH is 1. The minimum absolute atomic E-state index is 0.0160. The first-order valence-electron chi connectivity index (χ1n) is 4.45. The molecule has 8 heteroatoms. The quantitative estimate of drug-likeness (QED) is 0.674. The van der Waals surface area contributed by atoms with E-state index in [9.17, 15) is 4.91 Å². The fraction of sp³-hybridized carbons (Fsp3) is 0.500. The second-order valence-electron chi connectivity index (χ2n) is 2.66. The van der Waals surface area contributed by atoms with Gasteiger partial charge in [0.2, 0.25) is 11.6 Å². The van der Waals surface area contributed by atoms with E-state index in [1.807, 2.05) is 0 Å². The maximum Gasteiger partial charge on any atom is 0.252 e. The predicted octanol–water partition coefficient (Wildman–Crippen LogP) is 0.296. The first kappa shape index (κ1) is 12.1. The zero-order valence-corrected chi connectivity index (χ0v) is 8.93. The highest BCUT2D eigenvalue weighted by molar-refractivity contribution is 5.58. The van der Waals surface area contributed by atoms with Crippen molar-refractivity contribution in [3.05, 3.63) is 4.91 Å². The summed E-state index contributed by atoms with van der Waals surface area (Å²) in [5, 5.41) is 14.1. The van der Waals surface area contributed by atoms with E-state index in [-0.39, 0.29) is 36.5 Å². The molecule has 1 aromatic heterocycles. The first-order valence-corrected chi connectivity index (χ1v) is 4.45. The Morgan fingerprint density at radius 2 is 1.88 bits per heavy atom. The summed E-state index contributed by atoms with van der Waals surface area (Å²) in [5.74, 6) is 0.222. The van der Waals surface area contributed by atoms with Gasteiger partial charge in [0.1, 0.15) is 0 Å². The summed E-state index contributed by atoms with van der Waals surface area (Å²) < 4.78 is 9.74. The highest BCUT2D eigenvalue weighted by atomic mass is 16.5. The van der Waals surface area contributed by atoms with Crippen molar-refractivity contribution in [2.45, 2.75) is 0 Å². The van der Waals surface area contributed by atoms with Gasteiger partial charge in [0, 0.05) is 6.54 Å². The van der Waals surface area contributed by atoms with Crippen LogP contribution in [0.25, 0.3) is 0 Å². The van der Waals surface area contributed by atoms with Crippen molar-refractivity contribution >= 4 is 11.6 Å². The molecular weight excluding hydrogens is 216 g/mol. The second-order valence-corrected chi connectivity index (χ2v) is 2.66. The zero-order valence-electron chi connectivity index (χ0n) is 8.93. The molecule has 0 amide bonds. The smallest absolute Gasteiger partial charge is 0.252 e. The van der Waals surface area contributed by atoms with E-state index in [4.69, 9.17) is 14.6 Å². The Hall–Kier alpha value is -1.96. The van der Waals surface area contributed by atoms with Gasteiger partial charge in [-0.25, -0.2) is 0 Å². The van der Waals surface area contributed by atoms with Gasteiger partial charge in [-0.3, -0.25) is 0 Å². The van der Waals surface area contributed by atoms with Gasteiger partial charge >= 0.3 is 0 Å². The van der Waals surface area contributed by atoms with Gasteiger partial charge in [-0.05, 0) is 5.18 Å². The predicted molar refractivity (Wildman–Crippen MR) is 56.2 cm³/mol. The number of methoxy groups -OCH3 is 2. The molecule has 1 aromatic rings. The first-order chi connectivity index (χ1) is 7.76. The van der Waals surface area contributed by atoms with Crippen LogP contribution >= 0.6 is 0 Å². The SMILES string of the molecule is COc1nc(NCCO)nc(OC)c1N=O. The number of aliphatic hydroxyl groups is 1. The lowest BCUT2D eigenvalue weighted by Gasteiger charge is -2.08. The van der Waals surface area contributed by atoms with E-state index >= 15 is 0 Å². The molecule has 0 aliphatic carbocycles. The molecule has 0 aliphatic heterocycles. The summed E-state index contributed by atoms with van der Waals surface area (Å²) in [7, 11) is 2.71. The fourth-order valence-electron chi connectivity index (χ4n) is 1.02. The minimum Gasteiger partial charge on any atom is -0.479 e. The molecule has 0 saturated heterocycles. The number of nitrogens with zero attached hydrogens (tertiary/aromatic N) is 3. The van der Waals surface area contributed by atoms with E-state index in [1.165, 1.54) is 14.2 Å². The minimum atomic E-state index is -0.0976. The summed E-state index contributed by atoms with van der Waals surface area (Å²) in [6, 6.07) is 0. The Balaban J connectivity index is 3.10. The molecule has 2 N–H and O–H groups in total. The van der Waals surface area contributed by atoms with E-state index < -0.39 is 0 Å². The van der Waals surface area contributed by atoms with Crippen molar-refractivity contribution < 1.29 is 14.6 Å². The van der Waals surface area contributed by atoms with Crippen molar-refractivity contribution in [3.63, 3.8) is 0 Å². The van der Waals surface area contributed by atoms with E-state index in [1.54, 1.807) is 0 Å². The molecule has 88 valence electrons. The summed E-state index contributed by atoms with van der Waals surface area (Å²) >= 11 is 0. The van der Waals surface area contributed by atoms with Gasteiger partial charge in [-0.1, -0.05) is 0 Å². The average molecular weight is 228 g/mol. The number of aromatic nitrogens is 2. The van der Waals surface area contributed by atoms with Gasteiger partial charge in [-0.2, -0.15) is 9.97 Å². The maximum absolute atomic E-state index is 10.5. The number of ether oxygens (including phenoxy) is 2. The Labute approximate surface area is 91.6 Å². The third-order valence-electron chi connectivity index (χ3n) is 1.69. The van der Waals surface area contributed by atoms with Crippen LogP contribution in [0, 0.1) is 4.91 Å². The molecule has 0 spiro atoms. The molecule has 16 heavy (non-hydrogen) atoms. The lowest BCUT2D eigenvalue weighted by atomic mass is 10.5. The monoisotopic (exact) mass is 228 g/mol. The van der Waals surface area contributed by atoms with Crippen LogP contribution in [-0.4, -0.2) is 42.4 Å². The van der Waals surface area contributed by atoms with E-state index in [0.29, 0.717) is 0 Å². The number of hydrogen-bond acceptors (Lipinski definition) is 8. The average Bonchev–Trinajstić information content (AvgIpc) is 2.34. The van der Waals surface area contributed by atoms with Crippen LogP contribution in [0.5, 0.6) is 11.8 Å². The molecular formula is C8H12N4O4. The van der Waals surface area contributed by atoms with Crippen LogP contribution in [0.15, 0.2) is 5.18 Å². The molecule has 0 atom stereocenters. The highest BCUT2D eigenvalue weighted by Gasteiger charge is 2.16. The van der Waals surface area contributed by atoms with Crippen LogP contribution in [0.3, 0.4) is 0 Å². The summed E-state index contributed by atoms with van der Waals surface area (Å²) in [6.45, 7) is 0.210. The molecule has 0 unspecified atom stereocenters. The number of nitroso groups, excluding NO2 is 1. The molecule has 0 saturated carbocycles. The summed E-state index contributed by atoms with van der Waals surface area (Å²) in [4.78, 5) is 18.3. The van der Waals surface area contributed by atoms with Crippen LogP contribution in [0.4, 0.5) is 11.6 Å². The van der Waals surface area contributed by atoms with Crippen molar-refractivity contribution in [1.29, 1.82) is 0 Å². The topological polar surface area (TPSA) is 106 Å². The molecule has 0 fully saturated rings. The number of nitrogens with one attached hydrogen (secondary N) is 1. The highest BCUT2D eigenvalue weighted by Crippen LogP contribution is 2.34. The van der Waals surface area contributed by atoms with Crippen LogP contribution in [-0.2, 0) is 0 Å². The van der Waals surface area contributed by atoms with Crippen molar-refractivity contribution in [3.8, 4) is 11.8 Å². The second kappa shape index (κ2) is 5.81. The van der Waals surface area contributed by atoms with Crippen LogP contribution in [0.1, 0.15) is 0 Å². The van der Waals surface area contributed by atoms with Crippen molar-refractivity contribution in [2.24, 2.45) is 5.18 Å². The lowest BCUT2D eigenvalue weighted by Crippen LogP contribution is -2.09. The van der Waals surface area contributed by atoms with Gasteiger partial charge in [0.25, 0.3) is 11.8 Å². The molecule has 8 nitrogen and oxygen atoms in total. The van der Waals surface area contributed by atoms with Crippen molar-refractivity contribution in [2.75, 3.05) is 32.7 Å². The third-order valence-corrected chi connectivity index (χ3v) is 1.69. The largest absolute Gasteiger partial charge is 0.479 e.